The molecule has 2 aliphatic rings. The van der Waals surface area contributed by atoms with Gasteiger partial charge < -0.3 is 24.0 Å². The Labute approximate surface area is 207 Å². The molecule has 0 spiro atoms. The van der Waals surface area contributed by atoms with Gasteiger partial charge in [0.1, 0.15) is 18.3 Å². The van der Waals surface area contributed by atoms with Gasteiger partial charge in [0.05, 0.1) is 27.4 Å². The average Bonchev–Trinajstić information content (AvgIpc) is 3.16. The van der Waals surface area contributed by atoms with Crippen LogP contribution in [0.25, 0.3) is 0 Å². The SMILES string of the molecule is CCOc1ccc(C2C(=O)N(C3CCCCCC3)CC(=O)N2Cc2ccccc2OC)cc1OC. The fourth-order valence-corrected chi connectivity index (χ4v) is 5.28. The summed E-state index contributed by atoms with van der Waals surface area (Å²) in [5.41, 5.74) is 1.58. The number of carbonyl (C=O) groups is 2. The van der Waals surface area contributed by atoms with Crippen LogP contribution in [0.3, 0.4) is 0 Å². The highest BCUT2D eigenvalue weighted by molar-refractivity contribution is 5.96. The molecule has 1 heterocycles. The number of hydrogen-bond acceptors (Lipinski definition) is 5. The summed E-state index contributed by atoms with van der Waals surface area (Å²) in [5.74, 6) is 1.77. The molecule has 2 aromatic carbocycles. The first kappa shape index (κ1) is 24.9. The van der Waals surface area contributed by atoms with Crippen LogP contribution < -0.4 is 14.2 Å². The summed E-state index contributed by atoms with van der Waals surface area (Å²) in [6.45, 7) is 2.82. The van der Waals surface area contributed by atoms with Crippen LogP contribution in [-0.4, -0.2) is 55.0 Å². The van der Waals surface area contributed by atoms with Crippen molar-refractivity contribution in [2.75, 3.05) is 27.4 Å². The molecule has 1 aliphatic carbocycles. The van der Waals surface area contributed by atoms with Crippen LogP contribution >= 0.6 is 0 Å². The Morgan fingerprint density at radius 3 is 2.29 bits per heavy atom. The Kier molecular flexibility index (Phi) is 8.16. The lowest BCUT2D eigenvalue weighted by atomic mass is 9.96. The van der Waals surface area contributed by atoms with Crippen molar-refractivity contribution in [3.63, 3.8) is 0 Å². The molecule has 1 saturated heterocycles. The molecule has 35 heavy (non-hydrogen) atoms. The minimum absolute atomic E-state index is 0.0300. The quantitative estimate of drug-likeness (QED) is 0.511. The van der Waals surface area contributed by atoms with E-state index in [9.17, 15) is 9.59 Å². The predicted octanol–water partition coefficient (Wildman–Crippen LogP) is 4.74. The third kappa shape index (κ3) is 5.39. The van der Waals surface area contributed by atoms with Crippen LogP contribution in [0.1, 0.15) is 62.6 Å². The first-order chi connectivity index (χ1) is 17.1. The molecule has 0 bridgehead atoms. The minimum Gasteiger partial charge on any atom is -0.496 e. The normalized spacial score (nSPS) is 19.5. The Balaban J connectivity index is 1.73. The van der Waals surface area contributed by atoms with E-state index in [0.717, 1.165) is 36.8 Å². The maximum absolute atomic E-state index is 14.1. The van der Waals surface area contributed by atoms with Gasteiger partial charge in [0, 0.05) is 11.6 Å². The number of amides is 2. The minimum atomic E-state index is -0.742. The number of benzene rings is 2. The lowest BCUT2D eigenvalue weighted by Crippen LogP contribution is -2.57. The molecule has 1 unspecified atom stereocenters. The van der Waals surface area contributed by atoms with Gasteiger partial charge in [0.2, 0.25) is 5.91 Å². The van der Waals surface area contributed by atoms with Gasteiger partial charge in [0.25, 0.3) is 5.91 Å². The molecule has 4 rings (SSSR count). The van der Waals surface area contributed by atoms with E-state index >= 15 is 0 Å². The number of rotatable bonds is 8. The van der Waals surface area contributed by atoms with Gasteiger partial charge in [-0.05, 0) is 43.5 Å². The topological polar surface area (TPSA) is 68.3 Å². The van der Waals surface area contributed by atoms with Crippen molar-refractivity contribution in [3.05, 3.63) is 53.6 Å². The number of para-hydroxylation sites is 1. The van der Waals surface area contributed by atoms with Crippen molar-refractivity contribution < 1.29 is 23.8 Å². The van der Waals surface area contributed by atoms with Crippen LogP contribution in [0.2, 0.25) is 0 Å². The van der Waals surface area contributed by atoms with Gasteiger partial charge in [-0.2, -0.15) is 0 Å². The summed E-state index contributed by atoms with van der Waals surface area (Å²) in [5, 5.41) is 0. The zero-order valence-corrected chi connectivity index (χ0v) is 21.0. The second kappa shape index (κ2) is 11.5. The number of ether oxygens (including phenoxy) is 3. The largest absolute Gasteiger partial charge is 0.496 e. The molecular weight excluding hydrogens is 444 g/mol. The molecular formula is C28H36N2O5. The van der Waals surface area contributed by atoms with E-state index in [0.29, 0.717) is 23.9 Å². The molecule has 1 saturated carbocycles. The molecule has 0 aromatic heterocycles. The Bertz CT molecular complexity index is 1030. The standard InChI is InChI=1S/C28H36N2O5/c1-4-35-24-16-15-20(17-25(24)34-3)27-28(32)29(22-12-7-5-6-8-13-22)19-26(31)30(27)18-21-11-9-10-14-23(21)33-2/h9-11,14-17,22,27H,4-8,12-13,18-19H2,1-3H3. The average molecular weight is 481 g/mol. The number of piperazine rings is 1. The van der Waals surface area contributed by atoms with Crippen LogP contribution in [0, 0.1) is 0 Å². The zero-order chi connectivity index (χ0) is 24.8. The Hall–Kier alpha value is -3.22. The second-order valence-corrected chi connectivity index (χ2v) is 9.19. The molecule has 7 nitrogen and oxygen atoms in total. The highest BCUT2D eigenvalue weighted by Crippen LogP contribution is 2.37. The third-order valence-electron chi connectivity index (χ3n) is 7.06. The number of methoxy groups -OCH3 is 2. The van der Waals surface area contributed by atoms with E-state index in [1.54, 1.807) is 19.1 Å². The maximum atomic E-state index is 14.1. The predicted molar refractivity (Wildman–Crippen MR) is 134 cm³/mol. The summed E-state index contributed by atoms with van der Waals surface area (Å²) in [7, 11) is 3.20. The monoisotopic (exact) mass is 480 g/mol. The van der Waals surface area contributed by atoms with Gasteiger partial charge in [-0.25, -0.2) is 0 Å². The Morgan fingerprint density at radius 1 is 0.886 bits per heavy atom. The van der Waals surface area contributed by atoms with Crippen molar-refractivity contribution in [1.29, 1.82) is 0 Å². The number of hydrogen-bond donors (Lipinski definition) is 0. The van der Waals surface area contributed by atoms with Crippen LogP contribution in [0.4, 0.5) is 0 Å². The summed E-state index contributed by atoms with van der Waals surface area (Å²) in [6, 6.07) is 12.5. The maximum Gasteiger partial charge on any atom is 0.250 e. The zero-order valence-electron chi connectivity index (χ0n) is 21.0. The highest BCUT2D eigenvalue weighted by atomic mass is 16.5. The lowest BCUT2D eigenvalue weighted by Gasteiger charge is -2.43. The molecule has 0 radical (unpaired) electrons. The first-order valence-electron chi connectivity index (χ1n) is 12.6. The first-order valence-corrected chi connectivity index (χ1v) is 12.6. The fourth-order valence-electron chi connectivity index (χ4n) is 5.28. The molecule has 2 aromatic rings. The molecule has 2 amide bonds. The Morgan fingerprint density at radius 2 is 1.60 bits per heavy atom. The van der Waals surface area contributed by atoms with Gasteiger partial charge in [-0.1, -0.05) is 49.9 Å². The van der Waals surface area contributed by atoms with E-state index in [2.05, 4.69) is 0 Å². The van der Waals surface area contributed by atoms with Gasteiger partial charge in [-0.3, -0.25) is 9.59 Å². The van der Waals surface area contributed by atoms with Crippen molar-refractivity contribution in [1.82, 2.24) is 9.80 Å². The third-order valence-corrected chi connectivity index (χ3v) is 7.06. The fraction of sp³-hybridized carbons (Fsp3) is 0.500. The van der Waals surface area contributed by atoms with Crippen molar-refractivity contribution in [2.45, 2.75) is 64.1 Å². The smallest absolute Gasteiger partial charge is 0.250 e. The van der Waals surface area contributed by atoms with Crippen LogP contribution in [0.15, 0.2) is 42.5 Å². The summed E-state index contributed by atoms with van der Waals surface area (Å²) >= 11 is 0. The molecule has 1 aliphatic heterocycles. The van der Waals surface area contributed by atoms with Crippen LogP contribution in [0.5, 0.6) is 17.2 Å². The second-order valence-electron chi connectivity index (χ2n) is 9.19. The van der Waals surface area contributed by atoms with Crippen LogP contribution in [-0.2, 0) is 16.1 Å². The molecule has 1 atom stereocenters. The summed E-state index contributed by atoms with van der Waals surface area (Å²) in [4.78, 5) is 31.2. The summed E-state index contributed by atoms with van der Waals surface area (Å²) < 4.78 is 16.8. The van der Waals surface area contributed by atoms with Gasteiger partial charge >= 0.3 is 0 Å². The number of carbonyl (C=O) groups excluding carboxylic acids is 2. The van der Waals surface area contributed by atoms with E-state index in [-0.39, 0.29) is 30.9 Å². The van der Waals surface area contributed by atoms with E-state index in [1.165, 1.54) is 12.8 Å². The van der Waals surface area contributed by atoms with Crippen molar-refractivity contribution >= 4 is 11.8 Å². The molecule has 188 valence electrons. The molecule has 7 heteroatoms. The van der Waals surface area contributed by atoms with Gasteiger partial charge in [-0.15, -0.1) is 0 Å². The molecule has 0 N–H and O–H groups in total. The lowest BCUT2D eigenvalue weighted by molar-refractivity contribution is -0.159. The van der Waals surface area contributed by atoms with E-state index in [1.807, 2.05) is 54.3 Å². The molecule has 2 fully saturated rings. The summed E-state index contributed by atoms with van der Waals surface area (Å²) in [6.07, 6.45) is 6.46. The number of nitrogens with zero attached hydrogens (tertiary/aromatic N) is 2. The highest BCUT2D eigenvalue weighted by Gasteiger charge is 2.43. The van der Waals surface area contributed by atoms with Crippen molar-refractivity contribution in [3.8, 4) is 17.2 Å². The van der Waals surface area contributed by atoms with E-state index < -0.39 is 6.04 Å². The van der Waals surface area contributed by atoms with Gasteiger partial charge in [0.15, 0.2) is 11.5 Å². The van der Waals surface area contributed by atoms with Crippen molar-refractivity contribution in [2.24, 2.45) is 0 Å². The van der Waals surface area contributed by atoms with E-state index in [4.69, 9.17) is 14.2 Å².